The average Bonchev–Trinajstić information content (AvgIpc) is 2.81. The fourth-order valence-corrected chi connectivity index (χ4v) is 2.75. The highest BCUT2D eigenvalue weighted by Gasteiger charge is 2.27. The molecule has 1 aliphatic rings. The number of rotatable bonds is 2. The predicted octanol–water partition coefficient (Wildman–Crippen LogP) is 2.54. The number of hydrogen-bond donors (Lipinski definition) is 1. The molecule has 0 saturated heterocycles. The Kier molecular flexibility index (Phi) is 2.81. The lowest BCUT2D eigenvalue weighted by atomic mass is 10.0. The van der Waals surface area contributed by atoms with Crippen molar-refractivity contribution in [3.8, 4) is 11.4 Å². The van der Waals surface area contributed by atoms with Gasteiger partial charge in [-0.25, -0.2) is 9.78 Å². The Morgan fingerprint density at radius 2 is 2.16 bits per heavy atom. The lowest BCUT2D eigenvalue weighted by Gasteiger charge is -2.24. The van der Waals surface area contributed by atoms with Crippen molar-refractivity contribution >= 4 is 5.97 Å². The number of hydrogen-bond acceptors (Lipinski definition) is 3. The Morgan fingerprint density at radius 3 is 2.84 bits per heavy atom. The Hall–Kier alpha value is -2.17. The van der Waals surface area contributed by atoms with Crippen molar-refractivity contribution in [2.45, 2.75) is 32.2 Å². The molecule has 2 aromatic heterocycles. The highest BCUT2D eigenvalue weighted by atomic mass is 16.4. The van der Waals surface area contributed by atoms with Gasteiger partial charge in [-0.1, -0.05) is 0 Å². The number of fused-ring (bicyclic) bond motifs is 1. The van der Waals surface area contributed by atoms with Crippen LogP contribution < -0.4 is 0 Å². The molecular weight excluding hydrogens is 242 g/mol. The Labute approximate surface area is 110 Å². The monoisotopic (exact) mass is 257 g/mol. The second-order valence-electron chi connectivity index (χ2n) is 4.88. The van der Waals surface area contributed by atoms with Crippen molar-refractivity contribution in [2.75, 3.05) is 0 Å². The Balaban J connectivity index is 2.23. The van der Waals surface area contributed by atoms with Gasteiger partial charge in [0.05, 0.1) is 5.69 Å². The highest BCUT2D eigenvalue weighted by molar-refractivity contribution is 5.88. The van der Waals surface area contributed by atoms with Gasteiger partial charge in [0.2, 0.25) is 0 Å². The highest BCUT2D eigenvalue weighted by Crippen LogP contribution is 2.33. The number of nitrogens with zero attached hydrogens (tertiary/aromatic N) is 3. The number of aromatic nitrogens is 3. The quantitative estimate of drug-likeness (QED) is 0.897. The van der Waals surface area contributed by atoms with E-state index in [1.165, 1.54) is 0 Å². The van der Waals surface area contributed by atoms with Crippen molar-refractivity contribution < 1.29 is 9.90 Å². The minimum Gasteiger partial charge on any atom is -0.476 e. The van der Waals surface area contributed by atoms with Gasteiger partial charge >= 0.3 is 5.97 Å². The van der Waals surface area contributed by atoms with E-state index < -0.39 is 5.97 Å². The maximum atomic E-state index is 11.3. The summed E-state index contributed by atoms with van der Waals surface area (Å²) >= 11 is 0. The second-order valence-corrected chi connectivity index (χ2v) is 4.88. The van der Waals surface area contributed by atoms with Crippen LogP contribution in [0.4, 0.5) is 0 Å². The number of imidazole rings is 1. The van der Waals surface area contributed by atoms with Crippen molar-refractivity contribution in [2.24, 2.45) is 0 Å². The zero-order chi connectivity index (χ0) is 13.4. The summed E-state index contributed by atoms with van der Waals surface area (Å²) in [6.07, 6.45) is 6.25. The topological polar surface area (TPSA) is 68.0 Å². The predicted molar refractivity (Wildman–Crippen MR) is 70.1 cm³/mol. The fourth-order valence-electron chi connectivity index (χ4n) is 2.75. The second kappa shape index (κ2) is 4.50. The van der Waals surface area contributed by atoms with Crippen LogP contribution in [0.5, 0.6) is 0 Å². The van der Waals surface area contributed by atoms with Crippen molar-refractivity contribution in [3.05, 3.63) is 35.9 Å². The molecule has 1 aliphatic heterocycles. The Bertz CT molecular complexity index is 619. The molecule has 3 rings (SSSR count). The van der Waals surface area contributed by atoms with E-state index in [0.29, 0.717) is 0 Å². The fraction of sp³-hybridized carbons (Fsp3) is 0.357. The molecule has 1 atom stereocenters. The molecule has 0 spiro atoms. The molecule has 5 heteroatoms. The SMILES string of the molecule is CC1CCCc2c(C(=O)O)nc(-c3ccncc3)n21. The molecule has 0 saturated carbocycles. The third-order valence-corrected chi connectivity index (χ3v) is 3.63. The lowest BCUT2D eigenvalue weighted by molar-refractivity contribution is 0.0689. The largest absolute Gasteiger partial charge is 0.476 e. The van der Waals surface area contributed by atoms with Gasteiger partial charge in [0.1, 0.15) is 5.82 Å². The zero-order valence-corrected chi connectivity index (χ0v) is 10.7. The first-order chi connectivity index (χ1) is 9.18. The third kappa shape index (κ3) is 1.91. The van der Waals surface area contributed by atoms with Gasteiger partial charge in [-0.2, -0.15) is 0 Å². The van der Waals surface area contributed by atoms with Crippen molar-refractivity contribution in [3.63, 3.8) is 0 Å². The van der Waals surface area contributed by atoms with Crippen LogP contribution >= 0.6 is 0 Å². The summed E-state index contributed by atoms with van der Waals surface area (Å²) in [4.78, 5) is 19.7. The van der Waals surface area contributed by atoms with Crippen LogP contribution in [0.3, 0.4) is 0 Å². The minimum atomic E-state index is -0.946. The van der Waals surface area contributed by atoms with E-state index >= 15 is 0 Å². The smallest absolute Gasteiger partial charge is 0.356 e. The molecule has 1 N–H and O–H groups in total. The van der Waals surface area contributed by atoms with Gasteiger partial charge in [-0.3, -0.25) is 4.98 Å². The van der Waals surface area contributed by atoms with E-state index in [2.05, 4.69) is 21.5 Å². The first kappa shape index (κ1) is 11.9. The van der Waals surface area contributed by atoms with Crippen LogP contribution in [0.15, 0.2) is 24.5 Å². The van der Waals surface area contributed by atoms with E-state index in [-0.39, 0.29) is 11.7 Å². The van der Waals surface area contributed by atoms with Crippen LogP contribution in [0.25, 0.3) is 11.4 Å². The van der Waals surface area contributed by atoms with Gasteiger partial charge in [-0.15, -0.1) is 0 Å². The van der Waals surface area contributed by atoms with Crippen molar-refractivity contribution in [1.29, 1.82) is 0 Å². The molecule has 5 nitrogen and oxygen atoms in total. The number of pyridine rings is 1. The molecule has 98 valence electrons. The molecule has 0 aromatic carbocycles. The summed E-state index contributed by atoms with van der Waals surface area (Å²) in [5.74, 6) is -0.208. The number of aromatic carboxylic acids is 1. The summed E-state index contributed by atoms with van der Waals surface area (Å²) in [7, 11) is 0. The molecule has 2 aromatic rings. The molecule has 0 fully saturated rings. The summed E-state index contributed by atoms with van der Waals surface area (Å²) < 4.78 is 2.07. The van der Waals surface area contributed by atoms with Crippen LogP contribution in [-0.4, -0.2) is 25.6 Å². The Morgan fingerprint density at radius 1 is 1.42 bits per heavy atom. The number of carbonyl (C=O) groups is 1. The summed E-state index contributed by atoms with van der Waals surface area (Å²) in [5.41, 5.74) is 1.95. The first-order valence-corrected chi connectivity index (χ1v) is 6.43. The molecule has 1 unspecified atom stereocenters. The van der Waals surface area contributed by atoms with Crippen molar-refractivity contribution in [1.82, 2.24) is 14.5 Å². The van der Waals surface area contributed by atoms with Gasteiger partial charge < -0.3 is 9.67 Å². The lowest BCUT2D eigenvalue weighted by Crippen LogP contribution is -2.17. The summed E-state index contributed by atoms with van der Waals surface area (Å²) in [5, 5.41) is 9.30. The van der Waals surface area contributed by atoms with Crippen LogP contribution in [-0.2, 0) is 6.42 Å². The number of carboxylic acid groups (broad SMARTS) is 1. The van der Waals surface area contributed by atoms with E-state index in [1.54, 1.807) is 12.4 Å². The number of carboxylic acids is 1. The maximum absolute atomic E-state index is 11.3. The van der Waals surface area contributed by atoms with Gasteiger partial charge in [0, 0.05) is 24.0 Å². The molecule has 0 amide bonds. The summed E-state index contributed by atoms with van der Waals surface area (Å²) in [6, 6.07) is 4.01. The molecule has 0 radical (unpaired) electrons. The standard InChI is InChI=1S/C14H15N3O2/c1-9-3-2-4-11-12(14(18)19)16-13(17(9)11)10-5-7-15-8-6-10/h5-9H,2-4H2,1H3,(H,18,19). The molecule has 3 heterocycles. The average molecular weight is 257 g/mol. The normalized spacial score (nSPS) is 18.1. The molecular formula is C14H15N3O2. The van der Waals surface area contributed by atoms with Crippen LogP contribution in [0, 0.1) is 0 Å². The zero-order valence-electron chi connectivity index (χ0n) is 10.7. The van der Waals surface area contributed by atoms with Gasteiger partial charge in [-0.05, 0) is 38.3 Å². The first-order valence-electron chi connectivity index (χ1n) is 6.43. The minimum absolute atomic E-state index is 0.193. The van der Waals surface area contributed by atoms with Crippen LogP contribution in [0.1, 0.15) is 42.0 Å². The van der Waals surface area contributed by atoms with E-state index in [1.807, 2.05) is 12.1 Å². The van der Waals surface area contributed by atoms with Gasteiger partial charge in [0.25, 0.3) is 0 Å². The third-order valence-electron chi connectivity index (χ3n) is 3.63. The molecule has 0 aliphatic carbocycles. The summed E-state index contributed by atoms with van der Waals surface area (Å²) in [6.45, 7) is 2.11. The van der Waals surface area contributed by atoms with E-state index in [0.717, 1.165) is 36.3 Å². The maximum Gasteiger partial charge on any atom is 0.356 e. The molecule has 0 bridgehead atoms. The van der Waals surface area contributed by atoms with Crippen LogP contribution in [0.2, 0.25) is 0 Å². The van der Waals surface area contributed by atoms with E-state index in [4.69, 9.17) is 0 Å². The van der Waals surface area contributed by atoms with Gasteiger partial charge in [0.15, 0.2) is 5.69 Å². The molecule has 19 heavy (non-hydrogen) atoms. The van der Waals surface area contributed by atoms with E-state index in [9.17, 15) is 9.90 Å².